The van der Waals surface area contributed by atoms with Gasteiger partial charge in [-0.15, -0.1) is 0 Å². The first kappa shape index (κ1) is 15.9. The zero-order chi connectivity index (χ0) is 15.4. The molecule has 116 valence electrons. The summed E-state index contributed by atoms with van der Waals surface area (Å²) in [6.45, 7) is 0. The second-order valence-electron chi connectivity index (χ2n) is 5.22. The molecule has 2 rings (SSSR count). The Morgan fingerprint density at radius 1 is 1.48 bits per heavy atom. The van der Waals surface area contributed by atoms with Gasteiger partial charge in [0.2, 0.25) is 0 Å². The van der Waals surface area contributed by atoms with Crippen molar-refractivity contribution in [2.24, 2.45) is 5.73 Å². The molecular formula is C15H20ClNO4. The summed E-state index contributed by atoms with van der Waals surface area (Å²) in [5.74, 6) is 0.0287. The first-order chi connectivity index (χ1) is 10.0. The fourth-order valence-corrected chi connectivity index (χ4v) is 2.94. The molecule has 0 aliphatic heterocycles. The van der Waals surface area contributed by atoms with E-state index in [1.807, 2.05) is 0 Å². The smallest absolute Gasteiger partial charge is 0.305 e. The number of carboxylic acids is 1. The summed E-state index contributed by atoms with van der Waals surface area (Å²) in [7, 11) is 1.54. The summed E-state index contributed by atoms with van der Waals surface area (Å²) in [6, 6.07) is 2.63. The summed E-state index contributed by atoms with van der Waals surface area (Å²) in [5, 5.41) is 9.34. The normalized spacial score (nSPS) is 16.7. The van der Waals surface area contributed by atoms with Crippen LogP contribution in [-0.4, -0.2) is 24.3 Å². The summed E-state index contributed by atoms with van der Waals surface area (Å²) < 4.78 is 11.3. The summed E-state index contributed by atoms with van der Waals surface area (Å²) in [4.78, 5) is 10.9. The number of hydrogen-bond acceptors (Lipinski definition) is 4. The molecule has 1 aromatic carbocycles. The average Bonchev–Trinajstić information content (AvgIpc) is 2.91. The minimum atomic E-state index is -0.979. The van der Waals surface area contributed by atoms with Gasteiger partial charge in [-0.25, -0.2) is 0 Å². The van der Waals surface area contributed by atoms with Crippen molar-refractivity contribution in [1.29, 1.82) is 0 Å². The van der Waals surface area contributed by atoms with Gasteiger partial charge in [0.25, 0.3) is 0 Å². The van der Waals surface area contributed by atoms with Crippen molar-refractivity contribution in [3.05, 3.63) is 22.7 Å². The van der Waals surface area contributed by atoms with Crippen molar-refractivity contribution in [2.45, 2.75) is 44.2 Å². The van der Waals surface area contributed by atoms with Crippen LogP contribution in [0.5, 0.6) is 11.5 Å². The lowest BCUT2D eigenvalue weighted by molar-refractivity contribution is -0.137. The fraction of sp³-hybridized carbons (Fsp3) is 0.533. The first-order valence-electron chi connectivity index (χ1n) is 7.03. The minimum Gasteiger partial charge on any atom is -0.493 e. The molecule has 0 amide bonds. The Balaban J connectivity index is 2.37. The molecular weight excluding hydrogens is 294 g/mol. The molecule has 0 aromatic heterocycles. The molecule has 0 saturated heterocycles. The Kier molecular flexibility index (Phi) is 5.31. The third-order valence-corrected chi connectivity index (χ3v) is 4.01. The molecule has 1 aromatic rings. The molecule has 1 aliphatic rings. The molecule has 0 heterocycles. The maximum absolute atomic E-state index is 10.9. The van der Waals surface area contributed by atoms with Gasteiger partial charge in [-0.2, -0.15) is 0 Å². The van der Waals surface area contributed by atoms with Crippen LogP contribution >= 0.6 is 11.6 Å². The number of rotatable bonds is 6. The molecule has 0 bridgehead atoms. The number of hydrogen-bond donors (Lipinski definition) is 2. The van der Waals surface area contributed by atoms with Crippen LogP contribution in [-0.2, 0) is 4.79 Å². The number of benzene rings is 1. The number of methoxy groups -OCH3 is 1. The average molecular weight is 314 g/mol. The molecule has 1 atom stereocenters. The van der Waals surface area contributed by atoms with E-state index in [0.717, 1.165) is 25.7 Å². The molecule has 1 saturated carbocycles. The fourth-order valence-electron chi connectivity index (χ4n) is 2.65. The summed E-state index contributed by atoms with van der Waals surface area (Å²) in [5.41, 5.74) is 6.50. The Morgan fingerprint density at radius 3 is 2.71 bits per heavy atom. The number of carboxylic acid groups (broad SMARTS) is 1. The molecule has 1 aliphatic carbocycles. The van der Waals surface area contributed by atoms with Gasteiger partial charge in [0.15, 0.2) is 11.5 Å². The molecule has 3 N–H and O–H groups in total. The summed E-state index contributed by atoms with van der Waals surface area (Å²) in [6.07, 6.45) is 4.10. The van der Waals surface area contributed by atoms with Gasteiger partial charge in [-0.3, -0.25) is 4.79 Å². The second kappa shape index (κ2) is 7.00. The second-order valence-corrected chi connectivity index (χ2v) is 5.63. The lowest BCUT2D eigenvalue weighted by atomic mass is 10.0. The van der Waals surface area contributed by atoms with E-state index >= 15 is 0 Å². The predicted molar refractivity (Wildman–Crippen MR) is 80.1 cm³/mol. The van der Waals surface area contributed by atoms with Gasteiger partial charge in [-0.05, 0) is 37.8 Å². The maximum Gasteiger partial charge on any atom is 0.305 e. The van der Waals surface area contributed by atoms with Gasteiger partial charge in [0, 0.05) is 16.6 Å². The Bertz CT molecular complexity index is 515. The van der Waals surface area contributed by atoms with Crippen LogP contribution in [0.15, 0.2) is 12.1 Å². The van der Waals surface area contributed by atoms with E-state index in [1.165, 1.54) is 7.11 Å². The van der Waals surface area contributed by atoms with Crippen molar-refractivity contribution >= 4 is 17.6 Å². The third-order valence-electron chi connectivity index (χ3n) is 3.68. The summed E-state index contributed by atoms with van der Waals surface area (Å²) >= 11 is 6.21. The van der Waals surface area contributed by atoms with Crippen molar-refractivity contribution < 1.29 is 19.4 Å². The highest BCUT2D eigenvalue weighted by molar-refractivity contribution is 6.31. The highest BCUT2D eigenvalue weighted by atomic mass is 35.5. The Labute approximate surface area is 129 Å². The minimum absolute atomic E-state index is 0.105. The first-order valence-corrected chi connectivity index (χ1v) is 7.41. The molecule has 0 spiro atoms. The Morgan fingerprint density at radius 2 is 2.14 bits per heavy atom. The van der Waals surface area contributed by atoms with E-state index in [-0.39, 0.29) is 12.5 Å². The molecule has 21 heavy (non-hydrogen) atoms. The number of aliphatic carboxylic acids is 1. The van der Waals surface area contributed by atoms with Crippen LogP contribution in [0.3, 0.4) is 0 Å². The molecule has 1 fully saturated rings. The quantitative estimate of drug-likeness (QED) is 0.843. The monoisotopic (exact) mass is 313 g/mol. The van der Waals surface area contributed by atoms with E-state index in [1.54, 1.807) is 12.1 Å². The molecule has 0 radical (unpaired) electrons. The van der Waals surface area contributed by atoms with Gasteiger partial charge in [0.1, 0.15) is 0 Å². The van der Waals surface area contributed by atoms with Crippen molar-refractivity contribution in [3.63, 3.8) is 0 Å². The van der Waals surface area contributed by atoms with E-state index < -0.39 is 12.0 Å². The highest BCUT2D eigenvalue weighted by Gasteiger charge is 2.26. The van der Waals surface area contributed by atoms with Gasteiger partial charge < -0.3 is 20.3 Å². The van der Waals surface area contributed by atoms with E-state index in [9.17, 15) is 4.79 Å². The van der Waals surface area contributed by atoms with Crippen LogP contribution in [0.2, 0.25) is 5.02 Å². The number of halogens is 1. The highest BCUT2D eigenvalue weighted by Crippen LogP contribution is 2.41. The van der Waals surface area contributed by atoms with Crippen LogP contribution in [0.4, 0.5) is 0 Å². The van der Waals surface area contributed by atoms with Gasteiger partial charge in [-0.1, -0.05) is 11.6 Å². The van der Waals surface area contributed by atoms with Crippen molar-refractivity contribution in [2.75, 3.05) is 7.11 Å². The van der Waals surface area contributed by atoms with Crippen molar-refractivity contribution in [1.82, 2.24) is 0 Å². The molecule has 6 heteroatoms. The third kappa shape index (κ3) is 3.80. The predicted octanol–water partition coefficient (Wildman–Crippen LogP) is 3.14. The van der Waals surface area contributed by atoms with Crippen LogP contribution in [0.1, 0.15) is 43.7 Å². The van der Waals surface area contributed by atoms with Gasteiger partial charge >= 0.3 is 5.97 Å². The van der Waals surface area contributed by atoms with E-state index in [4.69, 9.17) is 31.9 Å². The zero-order valence-electron chi connectivity index (χ0n) is 12.0. The lowest BCUT2D eigenvalue weighted by Gasteiger charge is -2.22. The number of carbonyl (C=O) groups is 1. The van der Waals surface area contributed by atoms with E-state index in [0.29, 0.717) is 22.1 Å². The van der Waals surface area contributed by atoms with Crippen molar-refractivity contribution in [3.8, 4) is 11.5 Å². The Hall–Kier alpha value is -1.46. The molecule has 5 nitrogen and oxygen atoms in total. The van der Waals surface area contributed by atoms with Crippen LogP contribution in [0.25, 0.3) is 0 Å². The van der Waals surface area contributed by atoms with Crippen LogP contribution < -0.4 is 15.2 Å². The number of nitrogens with two attached hydrogens (primary N) is 1. The van der Waals surface area contributed by atoms with Crippen LogP contribution in [0, 0.1) is 0 Å². The topological polar surface area (TPSA) is 81.8 Å². The zero-order valence-corrected chi connectivity index (χ0v) is 12.7. The number of ether oxygens (including phenoxy) is 2. The SMILES string of the molecule is COc1ccc(Cl)c(C(N)CC(=O)O)c1OC1CCCC1. The van der Waals surface area contributed by atoms with Gasteiger partial charge in [0.05, 0.1) is 19.6 Å². The largest absolute Gasteiger partial charge is 0.493 e. The van der Waals surface area contributed by atoms with E-state index in [2.05, 4.69) is 0 Å². The standard InChI is InChI=1S/C15H20ClNO4/c1-20-12-7-6-10(16)14(11(17)8-13(18)19)15(12)21-9-4-2-3-5-9/h6-7,9,11H,2-5,8,17H2,1H3,(H,18,19). The molecule has 1 unspecified atom stereocenters. The maximum atomic E-state index is 10.9. The lowest BCUT2D eigenvalue weighted by Crippen LogP contribution is -2.19.